The minimum atomic E-state index is -3.23. The van der Waals surface area contributed by atoms with Crippen LogP contribution in [0.15, 0.2) is 52.4 Å². The summed E-state index contributed by atoms with van der Waals surface area (Å²) in [7, 11) is 0.0742. The minimum Gasteiger partial charge on any atom is -0.497 e. The molecular formula is C21H26N6O3S. The molecule has 0 bridgehead atoms. The molecule has 164 valence electrons. The summed E-state index contributed by atoms with van der Waals surface area (Å²) >= 11 is 0. The first-order valence-corrected chi connectivity index (χ1v) is 11.5. The van der Waals surface area contributed by atoms with Crippen molar-refractivity contribution in [1.29, 1.82) is 0 Å². The van der Waals surface area contributed by atoms with Crippen LogP contribution in [0.25, 0.3) is 11.4 Å². The van der Waals surface area contributed by atoms with E-state index < -0.39 is 9.84 Å². The molecule has 0 fully saturated rings. The molecule has 0 aliphatic heterocycles. The number of ether oxygens (including phenoxy) is 1. The van der Waals surface area contributed by atoms with Crippen molar-refractivity contribution in [3.8, 4) is 17.1 Å². The molecule has 0 aliphatic rings. The molecule has 9 nitrogen and oxygen atoms in total. The van der Waals surface area contributed by atoms with E-state index in [1.165, 1.54) is 6.26 Å². The van der Waals surface area contributed by atoms with Gasteiger partial charge in [0.1, 0.15) is 11.6 Å². The Hall–Kier alpha value is -3.40. The van der Waals surface area contributed by atoms with Crippen molar-refractivity contribution in [1.82, 2.24) is 25.8 Å². The highest BCUT2D eigenvalue weighted by Crippen LogP contribution is 2.19. The first-order valence-electron chi connectivity index (χ1n) is 9.60. The molecule has 0 atom stereocenters. The molecule has 0 saturated heterocycles. The Bertz CT molecular complexity index is 1170. The third-order valence-electron chi connectivity index (χ3n) is 4.63. The summed E-state index contributed by atoms with van der Waals surface area (Å²) in [6, 6.07) is 12.8. The van der Waals surface area contributed by atoms with E-state index >= 15 is 0 Å². The van der Waals surface area contributed by atoms with Crippen LogP contribution >= 0.6 is 0 Å². The number of aryl methyl sites for hydroxylation is 1. The van der Waals surface area contributed by atoms with Crippen LogP contribution in [0.2, 0.25) is 0 Å². The number of nitrogens with one attached hydrogen (secondary N) is 3. The van der Waals surface area contributed by atoms with E-state index in [0.717, 1.165) is 22.4 Å². The lowest BCUT2D eigenvalue weighted by Gasteiger charge is -2.12. The van der Waals surface area contributed by atoms with Gasteiger partial charge in [0.25, 0.3) is 0 Å². The van der Waals surface area contributed by atoms with Gasteiger partial charge >= 0.3 is 0 Å². The third-order valence-corrected chi connectivity index (χ3v) is 5.88. The zero-order chi connectivity index (χ0) is 22.4. The molecule has 3 N–H and O–H groups in total. The number of sulfone groups is 1. The number of hydrogen-bond acceptors (Lipinski definition) is 6. The van der Waals surface area contributed by atoms with E-state index in [-0.39, 0.29) is 0 Å². The molecule has 1 aromatic heterocycles. The predicted octanol–water partition coefficient (Wildman–Crippen LogP) is 2.06. The number of methoxy groups -OCH3 is 1. The van der Waals surface area contributed by atoms with Crippen LogP contribution in [0.1, 0.15) is 17.0 Å². The molecule has 3 rings (SSSR count). The van der Waals surface area contributed by atoms with Crippen molar-refractivity contribution in [2.75, 3.05) is 20.4 Å². The summed E-state index contributed by atoms with van der Waals surface area (Å²) in [5, 5.41) is 13.6. The maximum atomic E-state index is 11.8. The van der Waals surface area contributed by atoms with Crippen LogP contribution in [0.5, 0.6) is 5.75 Å². The van der Waals surface area contributed by atoms with Crippen LogP contribution in [0.4, 0.5) is 0 Å². The van der Waals surface area contributed by atoms with Gasteiger partial charge in [-0.15, -0.1) is 0 Å². The Balaban J connectivity index is 1.56. The van der Waals surface area contributed by atoms with Crippen molar-refractivity contribution in [2.45, 2.75) is 24.9 Å². The Kier molecular flexibility index (Phi) is 6.91. The van der Waals surface area contributed by atoms with Gasteiger partial charge in [-0.2, -0.15) is 5.10 Å². The van der Waals surface area contributed by atoms with E-state index in [1.807, 2.05) is 30.3 Å². The second kappa shape index (κ2) is 9.61. The van der Waals surface area contributed by atoms with Crippen LogP contribution in [0, 0.1) is 6.92 Å². The van der Waals surface area contributed by atoms with Gasteiger partial charge in [0.05, 0.1) is 18.6 Å². The van der Waals surface area contributed by atoms with E-state index in [4.69, 9.17) is 4.74 Å². The van der Waals surface area contributed by atoms with Crippen molar-refractivity contribution < 1.29 is 13.2 Å². The molecule has 1 heterocycles. The molecule has 2 aromatic carbocycles. The second-order valence-corrected chi connectivity index (χ2v) is 8.97. The smallest absolute Gasteiger partial charge is 0.191 e. The monoisotopic (exact) mass is 442 g/mol. The van der Waals surface area contributed by atoms with E-state index in [9.17, 15) is 8.42 Å². The predicted molar refractivity (Wildman–Crippen MR) is 120 cm³/mol. The Labute approximate surface area is 181 Å². The number of nitrogens with zero attached hydrogens (tertiary/aromatic N) is 3. The van der Waals surface area contributed by atoms with Crippen LogP contribution in [-0.4, -0.2) is 50.0 Å². The lowest BCUT2D eigenvalue weighted by atomic mass is 10.1. The molecule has 10 heteroatoms. The third kappa shape index (κ3) is 5.82. The van der Waals surface area contributed by atoms with Gasteiger partial charge in [-0.1, -0.05) is 12.1 Å². The summed E-state index contributed by atoms with van der Waals surface area (Å²) in [4.78, 5) is 9.04. The maximum absolute atomic E-state index is 11.8. The summed E-state index contributed by atoms with van der Waals surface area (Å²) in [5.74, 6) is 2.63. The van der Waals surface area contributed by atoms with Gasteiger partial charge in [-0.25, -0.2) is 13.4 Å². The van der Waals surface area contributed by atoms with E-state index in [1.54, 1.807) is 33.2 Å². The first kappa shape index (κ1) is 22.3. The molecule has 0 unspecified atom stereocenters. The van der Waals surface area contributed by atoms with Gasteiger partial charge in [0.15, 0.2) is 21.6 Å². The van der Waals surface area contributed by atoms with Crippen molar-refractivity contribution in [3.63, 3.8) is 0 Å². The van der Waals surface area contributed by atoms with Gasteiger partial charge in [0.2, 0.25) is 0 Å². The zero-order valence-electron chi connectivity index (χ0n) is 17.9. The molecule has 0 aliphatic carbocycles. The average molecular weight is 443 g/mol. The lowest BCUT2D eigenvalue weighted by molar-refractivity contribution is 0.415. The van der Waals surface area contributed by atoms with E-state index in [0.29, 0.717) is 35.6 Å². The minimum absolute atomic E-state index is 0.344. The maximum Gasteiger partial charge on any atom is 0.191 e. The van der Waals surface area contributed by atoms with Crippen LogP contribution in [-0.2, 0) is 22.9 Å². The Morgan fingerprint density at radius 3 is 2.45 bits per heavy atom. The summed E-state index contributed by atoms with van der Waals surface area (Å²) in [6.45, 7) is 2.70. The van der Waals surface area contributed by atoms with Crippen molar-refractivity contribution >= 4 is 15.8 Å². The molecule has 0 spiro atoms. The number of H-pyrrole nitrogens is 1. The van der Waals surface area contributed by atoms with Gasteiger partial charge in [0, 0.05) is 25.4 Å². The largest absolute Gasteiger partial charge is 0.497 e. The second-order valence-electron chi connectivity index (χ2n) is 6.99. The topological polar surface area (TPSA) is 121 Å². The fraction of sp³-hybridized carbons (Fsp3) is 0.286. The molecule has 31 heavy (non-hydrogen) atoms. The number of aliphatic imine (C=N–C) groups is 1. The number of guanidine groups is 1. The zero-order valence-corrected chi connectivity index (χ0v) is 18.7. The van der Waals surface area contributed by atoms with Gasteiger partial charge in [-0.05, 0) is 48.4 Å². The number of aromatic amines is 1. The fourth-order valence-corrected chi connectivity index (χ4v) is 4.01. The Morgan fingerprint density at radius 1 is 1.13 bits per heavy atom. The molecule has 3 aromatic rings. The highest BCUT2D eigenvalue weighted by atomic mass is 32.2. The number of rotatable bonds is 7. The lowest BCUT2D eigenvalue weighted by Crippen LogP contribution is -2.36. The highest BCUT2D eigenvalue weighted by molar-refractivity contribution is 7.90. The first-order chi connectivity index (χ1) is 14.8. The molecule has 0 radical (unpaired) electrons. The highest BCUT2D eigenvalue weighted by Gasteiger charge is 2.11. The molecule has 0 amide bonds. The number of hydrogen-bond donors (Lipinski definition) is 3. The van der Waals surface area contributed by atoms with Crippen molar-refractivity contribution in [3.05, 3.63) is 59.4 Å². The van der Waals surface area contributed by atoms with Gasteiger partial charge < -0.3 is 15.4 Å². The summed E-state index contributed by atoms with van der Waals surface area (Å²) in [5.41, 5.74) is 2.56. The van der Waals surface area contributed by atoms with E-state index in [2.05, 4.69) is 30.8 Å². The number of aromatic nitrogens is 3. The number of benzene rings is 2. The summed E-state index contributed by atoms with van der Waals surface area (Å²) in [6.07, 6.45) is 1.21. The van der Waals surface area contributed by atoms with Crippen molar-refractivity contribution in [2.24, 2.45) is 4.99 Å². The SMILES string of the molecule is CN=C(NCc1ccc(S(C)(=O)=O)c(C)c1)NCc1nc(-c2ccc(OC)cc2)n[nH]1. The molecular weight excluding hydrogens is 416 g/mol. The Morgan fingerprint density at radius 2 is 1.84 bits per heavy atom. The summed E-state index contributed by atoms with van der Waals surface area (Å²) < 4.78 is 28.7. The molecule has 0 saturated carbocycles. The van der Waals surface area contributed by atoms with Gasteiger partial charge in [-0.3, -0.25) is 10.1 Å². The average Bonchev–Trinajstić information content (AvgIpc) is 3.22. The quantitative estimate of drug-likeness (QED) is 0.378. The fourth-order valence-electron chi connectivity index (χ4n) is 3.05. The van der Waals surface area contributed by atoms with Crippen LogP contribution in [0.3, 0.4) is 0 Å². The van der Waals surface area contributed by atoms with Crippen LogP contribution < -0.4 is 15.4 Å². The normalized spacial score (nSPS) is 11.9. The standard InChI is InChI=1S/C21H26N6O3S/c1-14-11-15(5-10-18(14)31(4,28)29)12-23-21(22-2)24-13-19-25-20(27-26-19)16-6-8-17(30-3)9-7-16/h5-11H,12-13H2,1-4H3,(H2,22,23,24)(H,25,26,27).